The minimum Gasteiger partial charge on any atom is -0.394 e. The van der Waals surface area contributed by atoms with Crippen LogP contribution in [0.25, 0.3) is 10.9 Å². The number of nitrogens with one attached hydrogen (secondary N) is 2. The van der Waals surface area contributed by atoms with Crippen LogP contribution < -0.4 is 10.2 Å². The van der Waals surface area contributed by atoms with Crippen LogP contribution in [0, 0.1) is 5.92 Å². The third-order valence-electron chi connectivity index (χ3n) is 5.09. The monoisotopic (exact) mass is 378 g/mol. The van der Waals surface area contributed by atoms with Crippen LogP contribution in [0.2, 0.25) is 0 Å². The second kappa shape index (κ2) is 7.82. The van der Waals surface area contributed by atoms with Gasteiger partial charge in [0.2, 0.25) is 11.8 Å². The Morgan fingerprint density at radius 2 is 1.96 bits per heavy atom. The van der Waals surface area contributed by atoms with Crippen molar-refractivity contribution in [1.82, 2.24) is 15.5 Å². The highest BCUT2D eigenvalue weighted by atomic mass is 16.3. The highest BCUT2D eigenvalue weighted by molar-refractivity contribution is 6.05. The van der Waals surface area contributed by atoms with E-state index in [1.807, 2.05) is 54.6 Å². The molecule has 1 aliphatic heterocycles. The lowest BCUT2D eigenvalue weighted by molar-refractivity contribution is -0.127. The zero-order valence-corrected chi connectivity index (χ0v) is 15.3. The lowest BCUT2D eigenvalue weighted by Crippen LogP contribution is -2.43. The molecule has 2 aromatic carbocycles. The molecule has 0 spiro atoms. The van der Waals surface area contributed by atoms with Gasteiger partial charge >= 0.3 is 0 Å². The van der Waals surface area contributed by atoms with Gasteiger partial charge in [-0.05, 0) is 24.1 Å². The molecule has 0 bridgehead atoms. The molecule has 4 rings (SSSR count). The summed E-state index contributed by atoms with van der Waals surface area (Å²) in [5.74, 6) is -0.252. The number of anilines is 1. The van der Waals surface area contributed by atoms with E-state index in [1.54, 1.807) is 4.90 Å². The number of aliphatic hydroxyl groups is 1. The van der Waals surface area contributed by atoms with E-state index in [9.17, 15) is 14.7 Å². The molecule has 0 radical (unpaired) electrons. The highest BCUT2D eigenvalue weighted by Gasteiger charge is 2.37. The number of aromatic nitrogens is 2. The Labute approximate surface area is 162 Å². The standard InChI is InChI=1S/C21H22N4O3/c26-13-16(10-14-6-2-1-3-7-14)22-21(28)15-11-19(27)25(12-15)20-17-8-4-5-9-18(17)23-24-20/h1-9,15-16,26H,10-13H2,(H,22,28)(H,23,24)/t15-,16+/m1/s1. The summed E-state index contributed by atoms with van der Waals surface area (Å²) in [5.41, 5.74) is 1.88. The second-order valence-electron chi connectivity index (χ2n) is 7.08. The van der Waals surface area contributed by atoms with E-state index in [4.69, 9.17) is 0 Å². The molecule has 0 unspecified atom stereocenters. The van der Waals surface area contributed by atoms with E-state index in [-0.39, 0.29) is 37.4 Å². The van der Waals surface area contributed by atoms with Gasteiger partial charge in [0.1, 0.15) is 0 Å². The summed E-state index contributed by atoms with van der Waals surface area (Å²) < 4.78 is 0. The number of hydrogen-bond acceptors (Lipinski definition) is 4. The van der Waals surface area contributed by atoms with Gasteiger partial charge < -0.3 is 10.4 Å². The molecule has 7 nitrogen and oxygen atoms in total. The van der Waals surface area contributed by atoms with E-state index in [1.165, 1.54) is 0 Å². The van der Waals surface area contributed by atoms with Crippen molar-refractivity contribution in [3.05, 3.63) is 60.2 Å². The molecule has 7 heteroatoms. The largest absolute Gasteiger partial charge is 0.394 e. The maximum absolute atomic E-state index is 12.7. The van der Waals surface area contributed by atoms with Crippen LogP contribution >= 0.6 is 0 Å². The van der Waals surface area contributed by atoms with Crippen molar-refractivity contribution >= 4 is 28.5 Å². The quantitative estimate of drug-likeness (QED) is 0.607. The van der Waals surface area contributed by atoms with Crippen LogP contribution in [-0.4, -0.2) is 46.3 Å². The van der Waals surface area contributed by atoms with Gasteiger partial charge in [0.05, 0.1) is 24.1 Å². The predicted octanol–water partition coefficient (Wildman–Crippen LogP) is 1.64. The predicted molar refractivity (Wildman–Crippen MR) is 106 cm³/mol. The summed E-state index contributed by atoms with van der Waals surface area (Å²) in [4.78, 5) is 26.8. The Bertz CT molecular complexity index is 985. The summed E-state index contributed by atoms with van der Waals surface area (Å²) >= 11 is 0. The van der Waals surface area contributed by atoms with Crippen molar-refractivity contribution in [2.45, 2.75) is 18.9 Å². The zero-order chi connectivity index (χ0) is 19.5. The smallest absolute Gasteiger partial charge is 0.229 e. The van der Waals surface area contributed by atoms with Crippen molar-refractivity contribution < 1.29 is 14.7 Å². The van der Waals surface area contributed by atoms with Gasteiger partial charge in [0, 0.05) is 18.4 Å². The van der Waals surface area contributed by atoms with Crippen molar-refractivity contribution in [2.24, 2.45) is 5.92 Å². The molecule has 3 N–H and O–H groups in total. The first-order valence-electron chi connectivity index (χ1n) is 9.34. The molecule has 3 aromatic rings. The summed E-state index contributed by atoms with van der Waals surface area (Å²) in [7, 11) is 0. The van der Waals surface area contributed by atoms with E-state index in [2.05, 4.69) is 15.5 Å². The number of carbonyl (C=O) groups is 2. The average molecular weight is 378 g/mol. The van der Waals surface area contributed by atoms with E-state index < -0.39 is 5.92 Å². The van der Waals surface area contributed by atoms with Crippen molar-refractivity contribution in [3.63, 3.8) is 0 Å². The van der Waals surface area contributed by atoms with Gasteiger partial charge in [-0.1, -0.05) is 42.5 Å². The number of amides is 2. The number of aliphatic hydroxyl groups excluding tert-OH is 1. The maximum atomic E-state index is 12.7. The van der Waals surface area contributed by atoms with E-state index >= 15 is 0 Å². The molecule has 2 amide bonds. The molecule has 1 fully saturated rings. The van der Waals surface area contributed by atoms with Crippen LogP contribution in [0.15, 0.2) is 54.6 Å². The van der Waals surface area contributed by atoms with Crippen LogP contribution in [0.1, 0.15) is 12.0 Å². The first-order chi connectivity index (χ1) is 13.7. The van der Waals surface area contributed by atoms with Crippen LogP contribution in [0.5, 0.6) is 0 Å². The van der Waals surface area contributed by atoms with Crippen molar-refractivity contribution in [3.8, 4) is 0 Å². The molecule has 2 atom stereocenters. The van der Waals surface area contributed by atoms with Crippen LogP contribution in [0.3, 0.4) is 0 Å². The van der Waals surface area contributed by atoms with E-state index in [0.29, 0.717) is 12.2 Å². The van der Waals surface area contributed by atoms with Gasteiger partial charge in [-0.25, -0.2) is 0 Å². The van der Waals surface area contributed by atoms with Gasteiger partial charge in [0.25, 0.3) is 0 Å². The summed E-state index contributed by atoms with van der Waals surface area (Å²) in [5, 5.41) is 20.6. The minimum absolute atomic E-state index is 0.124. The van der Waals surface area contributed by atoms with Gasteiger partial charge in [-0.3, -0.25) is 19.6 Å². The van der Waals surface area contributed by atoms with E-state index in [0.717, 1.165) is 16.5 Å². The normalized spacial score (nSPS) is 17.8. The van der Waals surface area contributed by atoms with Crippen LogP contribution in [-0.2, 0) is 16.0 Å². The number of benzene rings is 2. The molecule has 0 saturated carbocycles. The number of H-pyrrole nitrogens is 1. The highest BCUT2D eigenvalue weighted by Crippen LogP contribution is 2.29. The fourth-order valence-electron chi connectivity index (χ4n) is 3.62. The van der Waals surface area contributed by atoms with Crippen molar-refractivity contribution in [2.75, 3.05) is 18.1 Å². The average Bonchev–Trinajstić information content (AvgIpc) is 3.31. The SMILES string of the molecule is O=C(N[C@H](CO)Cc1ccccc1)[C@@H]1CC(=O)N(c2n[nH]c3ccccc23)C1. The van der Waals surface area contributed by atoms with Crippen molar-refractivity contribution in [1.29, 1.82) is 0 Å². The Hall–Kier alpha value is -3.19. The summed E-state index contributed by atoms with van der Waals surface area (Å²) in [6.07, 6.45) is 0.675. The molecule has 1 aromatic heterocycles. The van der Waals surface area contributed by atoms with Crippen LogP contribution in [0.4, 0.5) is 5.82 Å². The Balaban J connectivity index is 1.43. The number of hydrogen-bond donors (Lipinski definition) is 3. The second-order valence-corrected chi connectivity index (χ2v) is 7.08. The topological polar surface area (TPSA) is 98.3 Å². The summed E-state index contributed by atoms with van der Waals surface area (Å²) in [6, 6.07) is 16.9. The fraction of sp³-hybridized carbons (Fsp3) is 0.286. The minimum atomic E-state index is -0.465. The fourth-order valence-corrected chi connectivity index (χ4v) is 3.62. The maximum Gasteiger partial charge on any atom is 0.229 e. The molecule has 0 aliphatic carbocycles. The molecule has 2 heterocycles. The first-order valence-corrected chi connectivity index (χ1v) is 9.34. The number of fused-ring (bicyclic) bond motifs is 1. The number of para-hydroxylation sites is 1. The molecule has 28 heavy (non-hydrogen) atoms. The lowest BCUT2D eigenvalue weighted by atomic mass is 10.0. The van der Waals surface area contributed by atoms with Gasteiger partial charge in [-0.15, -0.1) is 0 Å². The first kappa shape index (κ1) is 18.2. The molecule has 144 valence electrons. The number of nitrogens with zero attached hydrogens (tertiary/aromatic N) is 2. The van der Waals surface area contributed by atoms with Gasteiger partial charge in [-0.2, -0.15) is 5.10 Å². The summed E-state index contributed by atoms with van der Waals surface area (Å²) in [6.45, 7) is 0.123. The molecular weight excluding hydrogens is 356 g/mol. The Kier molecular flexibility index (Phi) is 5.08. The Morgan fingerprint density at radius 3 is 2.75 bits per heavy atom. The third-order valence-corrected chi connectivity index (χ3v) is 5.09. The molecule has 1 saturated heterocycles. The zero-order valence-electron chi connectivity index (χ0n) is 15.3. The molecule has 1 aliphatic rings. The number of aromatic amines is 1. The molecular formula is C21H22N4O3. The third kappa shape index (κ3) is 3.61. The number of rotatable bonds is 6. The Morgan fingerprint density at radius 1 is 1.21 bits per heavy atom. The van der Waals surface area contributed by atoms with Gasteiger partial charge in [0.15, 0.2) is 5.82 Å². The lowest BCUT2D eigenvalue weighted by Gasteiger charge is -2.19. The number of carbonyl (C=O) groups excluding carboxylic acids is 2.